The molecule has 0 fully saturated rings. The molecular weight excluding hydrogens is 187 g/mol. The Labute approximate surface area is 69.2 Å². The molecule has 0 aromatic carbocycles. The maximum absolute atomic E-state index is 12.4. The van der Waals surface area contributed by atoms with Crippen molar-refractivity contribution in [1.29, 1.82) is 0 Å². The summed E-state index contributed by atoms with van der Waals surface area (Å²) in [6, 6.07) is 1.34. The minimum Gasteiger partial charge on any atom is -0.450 e. The molecule has 1 aromatic heterocycles. The molecule has 68 valence electrons. The zero-order valence-corrected chi connectivity index (χ0v) is 7.10. The second-order valence-corrected chi connectivity index (χ2v) is 3.35. The van der Waals surface area contributed by atoms with E-state index >= 15 is 0 Å². The molecule has 1 aromatic rings. The predicted molar refractivity (Wildman–Crippen MR) is 37.7 cm³/mol. The molecule has 0 saturated heterocycles. The first-order chi connectivity index (χ1) is 5.55. The normalized spacial score (nSPS) is 11.8. The van der Waals surface area contributed by atoms with E-state index in [9.17, 15) is 12.3 Å². The third kappa shape index (κ3) is 1.83. The fourth-order valence-corrected chi connectivity index (χ4v) is 1.41. The largest absolute Gasteiger partial charge is 0.450 e. The van der Waals surface area contributed by atoms with Gasteiger partial charge in [0.15, 0.2) is 0 Å². The van der Waals surface area contributed by atoms with Crippen molar-refractivity contribution in [3.05, 3.63) is 17.9 Å². The number of methoxy groups -OCH3 is 1. The van der Waals surface area contributed by atoms with Gasteiger partial charge in [0.05, 0.1) is 12.9 Å². The van der Waals surface area contributed by atoms with Gasteiger partial charge in [0, 0.05) is 12.7 Å². The smallest absolute Gasteiger partial charge is 0.366 e. The third-order valence-corrected chi connectivity index (χ3v) is 2.03. The van der Waals surface area contributed by atoms with Crippen molar-refractivity contribution < 1.29 is 21.5 Å². The SMILES string of the molecule is COCc1ccoc1S(=O)(=O)F. The Hall–Kier alpha value is -0.880. The van der Waals surface area contributed by atoms with Gasteiger partial charge < -0.3 is 9.15 Å². The molecule has 0 atom stereocenters. The fourth-order valence-electron chi connectivity index (χ4n) is 0.798. The summed E-state index contributed by atoms with van der Waals surface area (Å²) in [4.78, 5) is 0. The number of ether oxygens (including phenoxy) is 1. The van der Waals surface area contributed by atoms with Gasteiger partial charge >= 0.3 is 10.2 Å². The molecule has 0 saturated carbocycles. The number of hydrogen-bond acceptors (Lipinski definition) is 4. The van der Waals surface area contributed by atoms with Crippen LogP contribution in [0.15, 0.2) is 21.8 Å². The first-order valence-corrected chi connectivity index (χ1v) is 4.44. The van der Waals surface area contributed by atoms with Gasteiger partial charge in [-0.15, -0.1) is 0 Å². The third-order valence-electron chi connectivity index (χ3n) is 1.23. The number of halogens is 1. The fraction of sp³-hybridized carbons (Fsp3) is 0.333. The highest BCUT2D eigenvalue weighted by atomic mass is 32.3. The summed E-state index contributed by atoms with van der Waals surface area (Å²) in [6.45, 7) is 0.00891. The average molecular weight is 194 g/mol. The van der Waals surface area contributed by atoms with Gasteiger partial charge in [-0.25, -0.2) is 0 Å². The van der Waals surface area contributed by atoms with E-state index in [4.69, 9.17) is 0 Å². The predicted octanol–water partition coefficient (Wildman–Crippen LogP) is 1.08. The molecule has 0 aliphatic carbocycles. The number of hydrogen-bond donors (Lipinski definition) is 0. The first kappa shape index (κ1) is 9.21. The van der Waals surface area contributed by atoms with Crippen LogP contribution in [-0.2, 0) is 21.6 Å². The molecular formula is C6H7FO4S. The van der Waals surface area contributed by atoms with E-state index in [1.807, 2.05) is 0 Å². The van der Waals surface area contributed by atoms with E-state index in [0.29, 0.717) is 0 Å². The molecule has 0 N–H and O–H groups in total. The lowest BCUT2D eigenvalue weighted by Gasteiger charge is -1.95. The first-order valence-electron chi connectivity index (χ1n) is 3.05. The van der Waals surface area contributed by atoms with Crippen molar-refractivity contribution in [2.45, 2.75) is 11.7 Å². The number of furan rings is 1. The van der Waals surface area contributed by atoms with Gasteiger partial charge in [0.2, 0.25) is 0 Å². The molecule has 6 heteroatoms. The lowest BCUT2D eigenvalue weighted by Crippen LogP contribution is -1.95. The van der Waals surface area contributed by atoms with Gasteiger partial charge in [-0.05, 0) is 6.07 Å². The summed E-state index contributed by atoms with van der Waals surface area (Å²) in [5.74, 6) is 0. The Morgan fingerprint density at radius 1 is 1.67 bits per heavy atom. The van der Waals surface area contributed by atoms with Crippen molar-refractivity contribution in [2.24, 2.45) is 0 Å². The Kier molecular flexibility index (Phi) is 2.49. The molecule has 0 aliphatic heterocycles. The van der Waals surface area contributed by atoms with E-state index in [1.54, 1.807) is 0 Å². The van der Waals surface area contributed by atoms with Gasteiger partial charge in [0.25, 0.3) is 5.09 Å². The van der Waals surface area contributed by atoms with Crippen LogP contribution in [0.2, 0.25) is 0 Å². The molecule has 0 unspecified atom stereocenters. The molecule has 0 radical (unpaired) electrons. The molecule has 4 nitrogen and oxygen atoms in total. The zero-order valence-electron chi connectivity index (χ0n) is 6.28. The summed E-state index contributed by atoms with van der Waals surface area (Å²) < 4.78 is 42.2. The Morgan fingerprint density at radius 3 is 2.83 bits per heavy atom. The average Bonchev–Trinajstić information content (AvgIpc) is 2.34. The van der Waals surface area contributed by atoms with Crippen molar-refractivity contribution in [3.8, 4) is 0 Å². The summed E-state index contributed by atoms with van der Waals surface area (Å²) >= 11 is 0. The van der Waals surface area contributed by atoms with E-state index in [0.717, 1.165) is 6.26 Å². The van der Waals surface area contributed by atoms with Crippen molar-refractivity contribution in [3.63, 3.8) is 0 Å². The molecule has 12 heavy (non-hydrogen) atoms. The van der Waals surface area contributed by atoms with Gasteiger partial charge in [0.1, 0.15) is 0 Å². The van der Waals surface area contributed by atoms with Crippen LogP contribution in [0, 0.1) is 0 Å². The second-order valence-electron chi connectivity index (χ2n) is 2.10. The van der Waals surface area contributed by atoms with Crippen LogP contribution >= 0.6 is 0 Å². The van der Waals surface area contributed by atoms with Crippen LogP contribution < -0.4 is 0 Å². The molecule has 0 amide bonds. The van der Waals surface area contributed by atoms with E-state index < -0.39 is 15.3 Å². The van der Waals surface area contributed by atoms with E-state index in [1.165, 1.54) is 13.2 Å². The van der Waals surface area contributed by atoms with Crippen LogP contribution in [0.1, 0.15) is 5.56 Å². The van der Waals surface area contributed by atoms with Crippen LogP contribution in [0.5, 0.6) is 0 Å². The van der Waals surface area contributed by atoms with Gasteiger partial charge in [-0.3, -0.25) is 0 Å². The highest BCUT2D eigenvalue weighted by Crippen LogP contribution is 2.19. The van der Waals surface area contributed by atoms with Crippen LogP contribution in [0.25, 0.3) is 0 Å². The van der Waals surface area contributed by atoms with E-state index in [2.05, 4.69) is 9.15 Å². The molecule has 1 heterocycles. The van der Waals surface area contributed by atoms with Crippen molar-refractivity contribution in [1.82, 2.24) is 0 Å². The highest BCUT2D eigenvalue weighted by Gasteiger charge is 2.20. The second kappa shape index (κ2) is 3.24. The lowest BCUT2D eigenvalue weighted by molar-refractivity contribution is 0.180. The Bertz CT molecular complexity index is 353. The van der Waals surface area contributed by atoms with Gasteiger partial charge in [-0.1, -0.05) is 3.89 Å². The molecule has 0 bridgehead atoms. The standard InChI is InChI=1S/C6H7FO4S/c1-10-4-5-2-3-11-6(5)12(7,8)9/h2-3H,4H2,1H3. The molecule has 0 spiro atoms. The minimum atomic E-state index is -4.76. The zero-order chi connectivity index (χ0) is 9.19. The van der Waals surface area contributed by atoms with Gasteiger partial charge in [-0.2, -0.15) is 8.42 Å². The van der Waals surface area contributed by atoms with Crippen molar-refractivity contribution in [2.75, 3.05) is 7.11 Å². The lowest BCUT2D eigenvalue weighted by atomic mass is 10.4. The summed E-state index contributed by atoms with van der Waals surface area (Å²) in [6.07, 6.45) is 1.10. The minimum absolute atomic E-state index is 0.00891. The van der Waals surface area contributed by atoms with Crippen LogP contribution in [-0.4, -0.2) is 15.5 Å². The van der Waals surface area contributed by atoms with E-state index in [-0.39, 0.29) is 12.2 Å². The maximum Gasteiger partial charge on any atom is 0.366 e. The monoisotopic (exact) mass is 194 g/mol. The topological polar surface area (TPSA) is 56.5 Å². The number of rotatable bonds is 3. The van der Waals surface area contributed by atoms with Crippen LogP contribution in [0.3, 0.4) is 0 Å². The maximum atomic E-state index is 12.4. The molecule has 0 aliphatic rings. The quantitative estimate of drug-likeness (QED) is 0.675. The Balaban J connectivity index is 3.08. The summed E-state index contributed by atoms with van der Waals surface area (Å²) in [7, 11) is -3.38. The van der Waals surface area contributed by atoms with Crippen LogP contribution in [0.4, 0.5) is 3.89 Å². The molecule has 1 rings (SSSR count). The summed E-state index contributed by atoms with van der Waals surface area (Å²) in [5, 5.41) is -0.677. The highest BCUT2D eigenvalue weighted by molar-refractivity contribution is 7.86. The summed E-state index contributed by atoms with van der Waals surface area (Å²) in [5.41, 5.74) is 0.181. The Morgan fingerprint density at radius 2 is 2.33 bits per heavy atom. The van der Waals surface area contributed by atoms with Crippen molar-refractivity contribution >= 4 is 10.2 Å².